The predicted octanol–water partition coefficient (Wildman–Crippen LogP) is 2.00. The molecule has 0 aliphatic carbocycles. The van der Waals surface area contributed by atoms with Crippen LogP contribution in [0.1, 0.15) is 24.2 Å². The largest absolute Gasteiger partial charge is 0.396 e. The molecular weight excluding hydrogens is 272 g/mol. The second-order valence-corrected chi connectivity index (χ2v) is 5.36. The first-order valence-electron chi connectivity index (χ1n) is 5.60. The molecular formula is C12H15ClN2O4. The van der Waals surface area contributed by atoms with Crippen LogP contribution in [0.5, 0.6) is 0 Å². The van der Waals surface area contributed by atoms with Crippen LogP contribution in [0.15, 0.2) is 18.2 Å². The minimum atomic E-state index is -0.655. The average Bonchev–Trinajstić information content (AvgIpc) is 2.36. The fraction of sp³-hybridized carbons (Fsp3) is 0.417. The van der Waals surface area contributed by atoms with Gasteiger partial charge in [0, 0.05) is 29.7 Å². The summed E-state index contributed by atoms with van der Waals surface area (Å²) >= 11 is 5.67. The van der Waals surface area contributed by atoms with Gasteiger partial charge in [-0.25, -0.2) is 0 Å². The van der Waals surface area contributed by atoms with E-state index in [1.54, 1.807) is 13.8 Å². The number of aliphatic hydroxyl groups excluding tert-OH is 1. The van der Waals surface area contributed by atoms with Crippen LogP contribution in [0.25, 0.3) is 0 Å². The Morgan fingerprint density at radius 2 is 2.16 bits per heavy atom. The normalized spacial score (nSPS) is 11.2. The second-order valence-electron chi connectivity index (χ2n) is 4.92. The fourth-order valence-electron chi connectivity index (χ4n) is 1.32. The standard InChI is InChI=1S/C12H15ClN2O4/c1-12(2,7-16)6-14-11(17)9-4-3-8(13)5-10(9)15(18)19/h3-5,16H,6-7H2,1-2H3,(H,14,17). The van der Waals surface area contributed by atoms with Crippen molar-refractivity contribution in [1.29, 1.82) is 0 Å². The van der Waals surface area contributed by atoms with Crippen molar-refractivity contribution in [3.8, 4) is 0 Å². The highest BCUT2D eigenvalue weighted by Gasteiger charge is 2.23. The van der Waals surface area contributed by atoms with E-state index < -0.39 is 16.2 Å². The van der Waals surface area contributed by atoms with Gasteiger partial charge in [0.1, 0.15) is 5.56 Å². The Labute approximate surface area is 115 Å². The number of nitrogens with one attached hydrogen (secondary N) is 1. The zero-order valence-corrected chi connectivity index (χ0v) is 11.4. The first-order chi connectivity index (χ1) is 8.76. The van der Waals surface area contributed by atoms with Crippen molar-refractivity contribution >= 4 is 23.2 Å². The molecule has 6 nitrogen and oxygen atoms in total. The highest BCUT2D eigenvalue weighted by molar-refractivity contribution is 6.31. The Morgan fingerprint density at radius 3 is 2.68 bits per heavy atom. The van der Waals surface area contributed by atoms with Gasteiger partial charge in [0.2, 0.25) is 0 Å². The van der Waals surface area contributed by atoms with Crippen LogP contribution in [0.4, 0.5) is 5.69 Å². The summed E-state index contributed by atoms with van der Waals surface area (Å²) in [6.45, 7) is 3.64. The lowest BCUT2D eigenvalue weighted by Gasteiger charge is -2.21. The van der Waals surface area contributed by atoms with Crippen molar-refractivity contribution in [2.24, 2.45) is 5.41 Å². The van der Waals surface area contributed by atoms with Gasteiger partial charge in [0.05, 0.1) is 4.92 Å². The maximum Gasteiger partial charge on any atom is 0.283 e. The number of hydrogen-bond acceptors (Lipinski definition) is 4. The van der Waals surface area contributed by atoms with E-state index in [0.717, 1.165) is 6.07 Å². The maximum atomic E-state index is 11.9. The van der Waals surface area contributed by atoms with Crippen LogP contribution in [-0.4, -0.2) is 29.1 Å². The first-order valence-corrected chi connectivity index (χ1v) is 5.97. The Balaban J connectivity index is 2.91. The van der Waals surface area contributed by atoms with Crippen molar-refractivity contribution in [2.75, 3.05) is 13.2 Å². The molecule has 1 aromatic carbocycles. The van der Waals surface area contributed by atoms with Crippen LogP contribution < -0.4 is 5.32 Å². The van der Waals surface area contributed by atoms with Crippen LogP contribution >= 0.6 is 11.6 Å². The molecule has 1 amide bonds. The SMILES string of the molecule is CC(C)(CO)CNC(=O)c1ccc(Cl)cc1[N+](=O)[O-]. The number of nitro benzene ring substituents is 1. The molecule has 0 saturated carbocycles. The van der Waals surface area contributed by atoms with E-state index in [4.69, 9.17) is 16.7 Å². The summed E-state index contributed by atoms with van der Waals surface area (Å²) in [5.41, 5.74) is -0.883. The minimum Gasteiger partial charge on any atom is -0.396 e. The number of halogens is 1. The summed E-state index contributed by atoms with van der Waals surface area (Å²) in [6.07, 6.45) is 0. The first kappa shape index (κ1) is 15.4. The van der Waals surface area contributed by atoms with E-state index in [0.29, 0.717) is 0 Å². The van der Waals surface area contributed by atoms with Crippen molar-refractivity contribution in [3.05, 3.63) is 38.9 Å². The number of nitro groups is 1. The van der Waals surface area contributed by atoms with E-state index in [2.05, 4.69) is 5.32 Å². The topological polar surface area (TPSA) is 92.5 Å². The number of aliphatic hydroxyl groups is 1. The third-order valence-corrected chi connectivity index (χ3v) is 2.79. The molecule has 0 aliphatic rings. The molecule has 0 atom stereocenters. The van der Waals surface area contributed by atoms with E-state index in [1.807, 2.05) is 0 Å². The molecule has 0 aliphatic heterocycles. The maximum absolute atomic E-state index is 11.9. The highest BCUT2D eigenvalue weighted by atomic mass is 35.5. The monoisotopic (exact) mass is 286 g/mol. The van der Waals surface area contributed by atoms with E-state index in [1.165, 1.54) is 12.1 Å². The molecule has 0 heterocycles. The van der Waals surface area contributed by atoms with Gasteiger partial charge < -0.3 is 10.4 Å². The van der Waals surface area contributed by atoms with Crippen molar-refractivity contribution in [1.82, 2.24) is 5.32 Å². The number of nitrogens with zero attached hydrogens (tertiary/aromatic N) is 1. The summed E-state index contributed by atoms with van der Waals surface area (Å²) < 4.78 is 0. The zero-order chi connectivity index (χ0) is 14.6. The lowest BCUT2D eigenvalue weighted by atomic mass is 9.95. The van der Waals surface area contributed by atoms with Gasteiger partial charge in [0.15, 0.2) is 0 Å². The van der Waals surface area contributed by atoms with Gasteiger partial charge in [0.25, 0.3) is 11.6 Å². The van der Waals surface area contributed by atoms with Crippen molar-refractivity contribution < 1.29 is 14.8 Å². The molecule has 0 bridgehead atoms. The molecule has 0 aromatic heterocycles. The molecule has 2 N–H and O–H groups in total. The Kier molecular flexibility index (Phi) is 4.85. The fourth-order valence-corrected chi connectivity index (χ4v) is 1.48. The third-order valence-electron chi connectivity index (χ3n) is 2.56. The van der Waals surface area contributed by atoms with Gasteiger partial charge in [-0.15, -0.1) is 0 Å². The van der Waals surface area contributed by atoms with Gasteiger partial charge >= 0.3 is 0 Å². The zero-order valence-electron chi connectivity index (χ0n) is 10.6. The molecule has 0 saturated heterocycles. The number of amides is 1. The molecule has 0 radical (unpaired) electrons. The Hall–Kier alpha value is -1.66. The molecule has 7 heteroatoms. The summed E-state index contributed by atoms with van der Waals surface area (Å²) in [5.74, 6) is -0.565. The van der Waals surface area contributed by atoms with Crippen LogP contribution in [-0.2, 0) is 0 Å². The van der Waals surface area contributed by atoms with Crippen LogP contribution in [0.2, 0.25) is 5.02 Å². The summed E-state index contributed by atoms with van der Waals surface area (Å²) in [6, 6.07) is 3.86. The number of carbonyl (C=O) groups excluding carboxylic acids is 1. The molecule has 0 fully saturated rings. The molecule has 0 unspecified atom stereocenters. The van der Waals surface area contributed by atoms with E-state index in [9.17, 15) is 14.9 Å². The summed E-state index contributed by atoms with van der Waals surface area (Å²) in [7, 11) is 0. The third kappa shape index (κ3) is 4.18. The van der Waals surface area contributed by atoms with Gasteiger partial charge in [-0.3, -0.25) is 14.9 Å². The minimum absolute atomic E-state index is 0.0526. The van der Waals surface area contributed by atoms with Gasteiger partial charge in [-0.05, 0) is 12.1 Å². The number of benzene rings is 1. The highest BCUT2D eigenvalue weighted by Crippen LogP contribution is 2.23. The molecule has 19 heavy (non-hydrogen) atoms. The van der Waals surface area contributed by atoms with E-state index in [-0.39, 0.29) is 29.4 Å². The molecule has 1 aromatic rings. The Morgan fingerprint density at radius 1 is 1.53 bits per heavy atom. The lowest BCUT2D eigenvalue weighted by Crippen LogP contribution is -2.36. The van der Waals surface area contributed by atoms with Gasteiger partial charge in [-0.2, -0.15) is 0 Å². The van der Waals surface area contributed by atoms with Gasteiger partial charge in [-0.1, -0.05) is 25.4 Å². The van der Waals surface area contributed by atoms with Crippen molar-refractivity contribution in [3.63, 3.8) is 0 Å². The van der Waals surface area contributed by atoms with Crippen LogP contribution in [0, 0.1) is 15.5 Å². The molecule has 0 spiro atoms. The molecule has 1 rings (SSSR count). The smallest absolute Gasteiger partial charge is 0.283 e. The number of carbonyl (C=O) groups is 1. The molecule has 104 valence electrons. The number of hydrogen-bond donors (Lipinski definition) is 2. The second kappa shape index (κ2) is 5.99. The summed E-state index contributed by atoms with van der Waals surface area (Å²) in [5, 5.41) is 22.7. The van der Waals surface area contributed by atoms with Crippen molar-refractivity contribution in [2.45, 2.75) is 13.8 Å². The lowest BCUT2D eigenvalue weighted by molar-refractivity contribution is -0.385. The summed E-state index contributed by atoms with van der Waals surface area (Å²) in [4.78, 5) is 22.1. The average molecular weight is 287 g/mol. The van der Waals surface area contributed by atoms with Crippen LogP contribution in [0.3, 0.4) is 0 Å². The quantitative estimate of drug-likeness (QED) is 0.639. The predicted molar refractivity (Wildman–Crippen MR) is 71.3 cm³/mol. The Bertz CT molecular complexity index is 503. The number of rotatable bonds is 5. The van der Waals surface area contributed by atoms with E-state index >= 15 is 0 Å².